The second-order valence-corrected chi connectivity index (χ2v) is 6.30. The predicted molar refractivity (Wildman–Crippen MR) is 98.8 cm³/mol. The van der Waals surface area contributed by atoms with Gasteiger partial charge in [-0.05, 0) is 50.2 Å². The molecule has 0 atom stereocenters. The molecule has 0 N–H and O–H groups in total. The summed E-state index contributed by atoms with van der Waals surface area (Å²) in [5, 5.41) is 0. The van der Waals surface area contributed by atoms with E-state index < -0.39 is 11.6 Å². The third-order valence-corrected chi connectivity index (χ3v) is 4.20. The van der Waals surface area contributed by atoms with Crippen molar-refractivity contribution in [2.24, 2.45) is 0 Å². The standard InChI is InChI=1S/C22H18F2NO.Ti/c1-14-5-9-18(10-6-14)25(21-11-8-17(23)13-20(21)24)22(26)19-12-15(2)4-7-16(19)3;/h4-12H,1-3H3;/q-1;. The molecule has 0 unspecified atom stereocenters. The van der Waals surface area contributed by atoms with Crippen molar-refractivity contribution in [3.05, 3.63) is 94.6 Å². The third-order valence-electron chi connectivity index (χ3n) is 4.20. The van der Waals surface area contributed by atoms with Crippen LogP contribution in [0.2, 0.25) is 0 Å². The smallest absolute Gasteiger partial charge is 0.252 e. The molecule has 0 aliphatic heterocycles. The van der Waals surface area contributed by atoms with Gasteiger partial charge in [-0.15, -0.1) is 18.2 Å². The van der Waals surface area contributed by atoms with E-state index in [0.717, 1.165) is 22.8 Å². The molecule has 136 valence electrons. The summed E-state index contributed by atoms with van der Waals surface area (Å²) >= 11 is 0. The van der Waals surface area contributed by atoms with Crippen LogP contribution in [0.4, 0.5) is 20.2 Å². The topological polar surface area (TPSA) is 20.3 Å². The first kappa shape index (κ1) is 21.0. The molecule has 0 aliphatic rings. The minimum absolute atomic E-state index is 0. The van der Waals surface area contributed by atoms with Crippen LogP contribution in [0.1, 0.15) is 27.0 Å². The van der Waals surface area contributed by atoms with Gasteiger partial charge in [0, 0.05) is 44.6 Å². The van der Waals surface area contributed by atoms with E-state index in [2.05, 4.69) is 0 Å². The summed E-state index contributed by atoms with van der Waals surface area (Å²) in [6.07, 6.45) is 0. The number of benzene rings is 3. The first-order valence-corrected chi connectivity index (χ1v) is 8.22. The molecule has 0 fully saturated rings. The molecule has 0 heterocycles. The number of anilines is 2. The SMILES string of the molecule is Cc1ccc(N(C(=O)c2cc(C)ccc2C)c2ccc(F)[c-]c2F)cc1.[Ti]. The van der Waals surface area contributed by atoms with Crippen LogP contribution in [0.15, 0.2) is 54.6 Å². The van der Waals surface area contributed by atoms with E-state index in [4.69, 9.17) is 0 Å². The maximum Gasteiger partial charge on any atom is 0.252 e. The Kier molecular flexibility index (Phi) is 6.69. The zero-order valence-electron chi connectivity index (χ0n) is 15.3. The Bertz CT molecular complexity index is 971. The van der Waals surface area contributed by atoms with Gasteiger partial charge in [0.1, 0.15) is 0 Å². The van der Waals surface area contributed by atoms with Gasteiger partial charge in [-0.2, -0.15) is 0 Å². The van der Waals surface area contributed by atoms with E-state index >= 15 is 0 Å². The van der Waals surface area contributed by atoms with Crippen LogP contribution >= 0.6 is 0 Å². The van der Waals surface area contributed by atoms with Crippen molar-refractivity contribution in [1.82, 2.24) is 0 Å². The minimum atomic E-state index is -0.913. The summed E-state index contributed by atoms with van der Waals surface area (Å²) in [4.78, 5) is 14.5. The zero-order valence-corrected chi connectivity index (χ0v) is 16.9. The summed E-state index contributed by atoms with van der Waals surface area (Å²) in [7, 11) is 0. The maximum atomic E-state index is 14.4. The molecule has 0 spiro atoms. The number of halogens is 2. The zero-order chi connectivity index (χ0) is 18.8. The molecule has 0 aliphatic carbocycles. The molecule has 2 nitrogen and oxygen atoms in total. The molecule has 0 aromatic heterocycles. The summed E-state index contributed by atoms with van der Waals surface area (Å²) in [6.45, 7) is 5.64. The van der Waals surface area contributed by atoms with Crippen LogP contribution in [0.25, 0.3) is 0 Å². The predicted octanol–water partition coefficient (Wildman–Crippen LogP) is 5.67. The average molecular weight is 398 g/mol. The third kappa shape index (κ3) is 4.52. The second-order valence-electron chi connectivity index (χ2n) is 6.30. The molecule has 0 saturated carbocycles. The number of hydrogen-bond acceptors (Lipinski definition) is 1. The van der Waals surface area contributed by atoms with Crippen LogP contribution in [0, 0.1) is 38.5 Å². The van der Waals surface area contributed by atoms with Gasteiger partial charge in [-0.1, -0.05) is 35.4 Å². The Hall–Kier alpha value is -2.30. The number of hydrogen-bond donors (Lipinski definition) is 0. The monoisotopic (exact) mass is 398 g/mol. The largest absolute Gasteiger partial charge is 0.329 e. The van der Waals surface area contributed by atoms with Crippen LogP contribution in [0.5, 0.6) is 0 Å². The Morgan fingerprint density at radius 3 is 2.15 bits per heavy atom. The summed E-state index contributed by atoms with van der Waals surface area (Å²) in [6, 6.07) is 17.0. The number of rotatable bonds is 3. The van der Waals surface area contributed by atoms with Crippen molar-refractivity contribution < 1.29 is 35.3 Å². The summed E-state index contributed by atoms with van der Waals surface area (Å²) in [5.41, 5.74) is 3.65. The Morgan fingerprint density at radius 2 is 1.52 bits per heavy atom. The van der Waals surface area contributed by atoms with Crippen LogP contribution in [-0.4, -0.2) is 5.91 Å². The molecular weight excluding hydrogens is 380 g/mol. The number of nitrogens with zero attached hydrogens (tertiary/aromatic N) is 1. The van der Waals surface area contributed by atoms with Crippen LogP contribution in [0.3, 0.4) is 0 Å². The molecule has 1 amide bonds. The fraction of sp³-hybridized carbons (Fsp3) is 0.136. The summed E-state index contributed by atoms with van der Waals surface area (Å²) in [5.74, 6) is -2.10. The van der Waals surface area contributed by atoms with Gasteiger partial charge >= 0.3 is 0 Å². The van der Waals surface area contributed by atoms with Crippen molar-refractivity contribution in [2.45, 2.75) is 20.8 Å². The van der Waals surface area contributed by atoms with Gasteiger partial charge in [-0.25, -0.2) is 8.78 Å². The van der Waals surface area contributed by atoms with Crippen LogP contribution in [-0.2, 0) is 21.7 Å². The molecule has 0 radical (unpaired) electrons. The molecule has 0 saturated heterocycles. The van der Waals surface area contributed by atoms with Gasteiger partial charge in [0.15, 0.2) is 0 Å². The quantitative estimate of drug-likeness (QED) is 0.412. The number of carbonyl (C=O) groups is 1. The molecule has 3 aromatic rings. The average Bonchev–Trinajstić information content (AvgIpc) is 2.60. The number of aryl methyl sites for hydroxylation is 3. The Labute approximate surface area is 172 Å². The van der Waals surface area contributed by atoms with Gasteiger partial charge in [0.05, 0.1) is 0 Å². The van der Waals surface area contributed by atoms with Crippen molar-refractivity contribution in [3.8, 4) is 0 Å². The fourth-order valence-electron chi connectivity index (χ4n) is 2.75. The van der Waals surface area contributed by atoms with Crippen molar-refractivity contribution in [1.29, 1.82) is 0 Å². The van der Waals surface area contributed by atoms with E-state index in [9.17, 15) is 13.6 Å². The number of amides is 1. The van der Waals surface area contributed by atoms with Gasteiger partial charge < -0.3 is 4.90 Å². The fourth-order valence-corrected chi connectivity index (χ4v) is 2.75. The molecule has 3 rings (SSSR count). The Morgan fingerprint density at radius 1 is 0.889 bits per heavy atom. The van der Waals surface area contributed by atoms with Gasteiger partial charge in [0.25, 0.3) is 5.91 Å². The van der Waals surface area contributed by atoms with Crippen molar-refractivity contribution >= 4 is 17.3 Å². The number of carbonyl (C=O) groups excluding carboxylic acids is 1. The van der Waals surface area contributed by atoms with E-state index in [1.165, 1.54) is 11.0 Å². The van der Waals surface area contributed by atoms with Gasteiger partial charge in [0.2, 0.25) is 0 Å². The maximum absolute atomic E-state index is 14.4. The molecule has 27 heavy (non-hydrogen) atoms. The van der Waals surface area contributed by atoms with Gasteiger partial charge in [-0.3, -0.25) is 4.79 Å². The first-order valence-electron chi connectivity index (χ1n) is 8.22. The molecule has 3 aromatic carbocycles. The van der Waals surface area contributed by atoms with E-state index in [-0.39, 0.29) is 33.3 Å². The Balaban J connectivity index is 0.00000261. The van der Waals surface area contributed by atoms with Crippen molar-refractivity contribution in [2.75, 3.05) is 4.90 Å². The molecule has 5 heteroatoms. The summed E-state index contributed by atoms with van der Waals surface area (Å²) < 4.78 is 27.7. The van der Waals surface area contributed by atoms with E-state index in [0.29, 0.717) is 11.3 Å². The van der Waals surface area contributed by atoms with Crippen LogP contribution < -0.4 is 4.90 Å². The van der Waals surface area contributed by atoms with E-state index in [1.807, 2.05) is 51.1 Å². The second kappa shape index (κ2) is 8.60. The van der Waals surface area contributed by atoms with E-state index in [1.54, 1.807) is 18.2 Å². The molecular formula is C22H18F2NOTi-. The normalized spacial score (nSPS) is 10.3. The first-order chi connectivity index (χ1) is 12.4. The minimum Gasteiger partial charge on any atom is -0.329 e. The van der Waals surface area contributed by atoms with Crippen molar-refractivity contribution in [3.63, 3.8) is 0 Å². The molecule has 0 bridgehead atoms.